The SMILES string of the molecule is Cc1c(Br)cccc1C(NN)C1CCCc2cccnc21. The van der Waals surface area contributed by atoms with Crippen LogP contribution in [0.25, 0.3) is 0 Å². The molecule has 1 aromatic heterocycles. The van der Waals surface area contributed by atoms with Crippen LogP contribution in [0, 0.1) is 6.92 Å². The van der Waals surface area contributed by atoms with E-state index in [1.54, 1.807) is 0 Å². The number of halogens is 1. The highest BCUT2D eigenvalue weighted by atomic mass is 79.9. The molecule has 2 unspecified atom stereocenters. The molecule has 0 saturated carbocycles. The van der Waals surface area contributed by atoms with Crippen LogP contribution >= 0.6 is 15.9 Å². The van der Waals surface area contributed by atoms with E-state index in [-0.39, 0.29) is 6.04 Å². The second-order valence-corrected chi connectivity index (χ2v) is 6.50. The van der Waals surface area contributed by atoms with E-state index in [1.807, 2.05) is 12.3 Å². The first-order chi connectivity index (χ1) is 10.2. The third-order valence-corrected chi connectivity index (χ3v) is 5.32. The lowest BCUT2D eigenvalue weighted by Gasteiger charge is -2.32. The van der Waals surface area contributed by atoms with Gasteiger partial charge in [-0.25, -0.2) is 0 Å². The number of aromatic nitrogens is 1. The third kappa shape index (κ3) is 2.76. The summed E-state index contributed by atoms with van der Waals surface area (Å²) in [6.07, 6.45) is 5.31. The fraction of sp³-hybridized carbons (Fsp3) is 0.353. The zero-order chi connectivity index (χ0) is 14.8. The number of aryl methyl sites for hydroxylation is 1. The van der Waals surface area contributed by atoms with Crippen LogP contribution in [0.3, 0.4) is 0 Å². The molecule has 1 aromatic carbocycles. The van der Waals surface area contributed by atoms with Crippen LogP contribution in [0.4, 0.5) is 0 Å². The fourth-order valence-corrected chi connectivity index (χ4v) is 3.74. The lowest BCUT2D eigenvalue weighted by atomic mass is 9.79. The number of fused-ring (bicyclic) bond motifs is 1. The largest absolute Gasteiger partial charge is 0.271 e. The Morgan fingerprint density at radius 2 is 2.19 bits per heavy atom. The Kier molecular flexibility index (Phi) is 4.38. The summed E-state index contributed by atoms with van der Waals surface area (Å²) in [4.78, 5) is 4.64. The van der Waals surface area contributed by atoms with Gasteiger partial charge in [-0.15, -0.1) is 0 Å². The molecule has 3 nitrogen and oxygen atoms in total. The van der Waals surface area contributed by atoms with E-state index >= 15 is 0 Å². The highest BCUT2D eigenvalue weighted by Gasteiger charge is 2.30. The molecule has 3 rings (SSSR count). The number of pyridine rings is 1. The van der Waals surface area contributed by atoms with Gasteiger partial charge >= 0.3 is 0 Å². The molecular formula is C17H20BrN3. The van der Waals surface area contributed by atoms with Crippen molar-refractivity contribution in [1.82, 2.24) is 10.4 Å². The molecule has 0 fully saturated rings. The number of hydrazine groups is 1. The maximum atomic E-state index is 5.92. The molecule has 0 spiro atoms. The molecule has 4 heteroatoms. The Labute approximate surface area is 134 Å². The Morgan fingerprint density at radius 3 is 3.00 bits per heavy atom. The van der Waals surface area contributed by atoms with Crippen LogP contribution in [-0.4, -0.2) is 4.98 Å². The molecule has 1 heterocycles. The standard InChI is InChI=1S/C17H20BrN3/c1-11-13(7-3-9-15(11)18)17(21-19)14-8-2-5-12-6-4-10-20-16(12)14/h3-4,6-7,9-10,14,17,21H,2,5,8,19H2,1H3. The van der Waals surface area contributed by atoms with Crippen molar-refractivity contribution in [3.05, 3.63) is 63.4 Å². The van der Waals surface area contributed by atoms with Crippen LogP contribution in [-0.2, 0) is 6.42 Å². The Balaban J connectivity index is 2.04. The molecule has 2 aromatic rings. The van der Waals surface area contributed by atoms with Crippen molar-refractivity contribution in [2.45, 2.75) is 38.1 Å². The molecule has 0 saturated heterocycles. The van der Waals surface area contributed by atoms with Crippen LogP contribution in [0.2, 0.25) is 0 Å². The number of nitrogens with zero attached hydrogens (tertiary/aromatic N) is 1. The first kappa shape index (κ1) is 14.7. The Bertz CT molecular complexity index is 642. The van der Waals surface area contributed by atoms with Crippen molar-refractivity contribution in [2.24, 2.45) is 5.84 Å². The maximum Gasteiger partial charge on any atom is 0.0546 e. The summed E-state index contributed by atoms with van der Waals surface area (Å²) in [6.45, 7) is 2.13. The summed E-state index contributed by atoms with van der Waals surface area (Å²) in [6, 6.07) is 10.6. The van der Waals surface area contributed by atoms with Gasteiger partial charge in [0.1, 0.15) is 0 Å². The van der Waals surface area contributed by atoms with Gasteiger partial charge in [0.25, 0.3) is 0 Å². The summed E-state index contributed by atoms with van der Waals surface area (Å²) >= 11 is 3.62. The molecule has 0 amide bonds. The number of rotatable bonds is 3. The van der Waals surface area contributed by atoms with Crippen molar-refractivity contribution in [2.75, 3.05) is 0 Å². The average Bonchev–Trinajstić information content (AvgIpc) is 2.52. The number of nitrogens with two attached hydrogens (primary N) is 1. The number of hydrogen-bond acceptors (Lipinski definition) is 3. The van der Waals surface area contributed by atoms with Gasteiger partial charge in [0.15, 0.2) is 0 Å². The van der Waals surface area contributed by atoms with Crippen LogP contribution in [0.15, 0.2) is 41.0 Å². The molecule has 1 aliphatic rings. The van der Waals surface area contributed by atoms with Crippen LogP contribution < -0.4 is 11.3 Å². The second kappa shape index (κ2) is 6.26. The minimum Gasteiger partial charge on any atom is -0.271 e. The van der Waals surface area contributed by atoms with Gasteiger partial charge in [-0.2, -0.15) is 0 Å². The highest BCUT2D eigenvalue weighted by molar-refractivity contribution is 9.10. The third-order valence-electron chi connectivity index (χ3n) is 4.47. The molecule has 0 aliphatic heterocycles. The zero-order valence-electron chi connectivity index (χ0n) is 12.1. The van der Waals surface area contributed by atoms with Gasteiger partial charge in [-0.1, -0.05) is 34.1 Å². The molecule has 3 N–H and O–H groups in total. The van der Waals surface area contributed by atoms with Crippen molar-refractivity contribution >= 4 is 15.9 Å². The van der Waals surface area contributed by atoms with Crippen molar-refractivity contribution in [1.29, 1.82) is 0 Å². The first-order valence-corrected chi connectivity index (χ1v) is 8.16. The summed E-state index contributed by atoms with van der Waals surface area (Å²) in [7, 11) is 0. The molecule has 0 radical (unpaired) electrons. The van der Waals surface area contributed by atoms with Crippen molar-refractivity contribution < 1.29 is 0 Å². The van der Waals surface area contributed by atoms with E-state index in [2.05, 4.69) is 57.5 Å². The Morgan fingerprint density at radius 1 is 1.33 bits per heavy atom. The summed E-state index contributed by atoms with van der Waals surface area (Å²) in [5.41, 5.74) is 8.08. The highest BCUT2D eigenvalue weighted by Crippen LogP contribution is 2.40. The first-order valence-electron chi connectivity index (χ1n) is 7.37. The van der Waals surface area contributed by atoms with E-state index in [4.69, 9.17) is 5.84 Å². The normalized spacial score (nSPS) is 19.1. The van der Waals surface area contributed by atoms with E-state index in [0.717, 1.165) is 17.3 Å². The van der Waals surface area contributed by atoms with E-state index in [9.17, 15) is 0 Å². The summed E-state index contributed by atoms with van der Waals surface area (Å²) in [5, 5.41) is 0. The molecule has 2 atom stereocenters. The lowest BCUT2D eigenvalue weighted by molar-refractivity contribution is 0.398. The molecule has 110 valence electrons. The van der Waals surface area contributed by atoms with E-state index in [1.165, 1.54) is 28.8 Å². The number of benzene rings is 1. The second-order valence-electron chi connectivity index (χ2n) is 5.64. The van der Waals surface area contributed by atoms with Gasteiger partial charge in [0.05, 0.1) is 6.04 Å². The quantitative estimate of drug-likeness (QED) is 0.657. The van der Waals surface area contributed by atoms with Gasteiger partial charge in [0, 0.05) is 22.3 Å². The van der Waals surface area contributed by atoms with Gasteiger partial charge in [-0.05, 0) is 55.0 Å². The van der Waals surface area contributed by atoms with Crippen molar-refractivity contribution in [3.8, 4) is 0 Å². The van der Waals surface area contributed by atoms with E-state index < -0.39 is 0 Å². The monoisotopic (exact) mass is 345 g/mol. The van der Waals surface area contributed by atoms with Crippen LogP contribution in [0.1, 0.15) is 47.2 Å². The average molecular weight is 346 g/mol. The fourth-order valence-electron chi connectivity index (χ4n) is 3.35. The van der Waals surface area contributed by atoms with Crippen LogP contribution in [0.5, 0.6) is 0 Å². The summed E-state index contributed by atoms with van der Waals surface area (Å²) in [5.74, 6) is 6.25. The minimum atomic E-state index is 0.0939. The smallest absolute Gasteiger partial charge is 0.0546 e. The van der Waals surface area contributed by atoms with Crippen molar-refractivity contribution in [3.63, 3.8) is 0 Å². The molecule has 0 bridgehead atoms. The number of nitrogens with one attached hydrogen (secondary N) is 1. The van der Waals surface area contributed by atoms with Gasteiger partial charge < -0.3 is 0 Å². The minimum absolute atomic E-state index is 0.0939. The summed E-state index contributed by atoms with van der Waals surface area (Å²) < 4.78 is 1.12. The van der Waals surface area contributed by atoms with Gasteiger partial charge in [-0.3, -0.25) is 16.3 Å². The predicted molar refractivity (Wildman–Crippen MR) is 88.9 cm³/mol. The Hall–Kier alpha value is -1.23. The van der Waals surface area contributed by atoms with E-state index in [0.29, 0.717) is 5.92 Å². The lowest BCUT2D eigenvalue weighted by Crippen LogP contribution is -2.35. The predicted octanol–water partition coefficient (Wildman–Crippen LogP) is 3.78. The molecule has 21 heavy (non-hydrogen) atoms. The molecule has 1 aliphatic carbocycles. The number of hydrogen-bond donors (Lipinski definition) is 2. The van der Waals surface area contributed by atoms with Gasteiger partial charge in [0.2, 0.25) is 0 Å². The molecular weight excluding hydrogens is 326 g/mol. The zero-order valence-corrected chi connectivity index (χ0v) is 13.7. The topological polar surface area (TPSA) is 50.9 Å². The maximum absolute atomic E-state index is 5.92.